The fourth-order valence-electron chi connectivity index (χ4n) is 8.60. The number of para-hydroxylation sites is 1. The Morgan fingerprint density at radius 3 is 2.47 bits per heavy atom. The summed E-state index contributed by atoms with van der Waals surface area (Å²) >= 11 is 6.13. The minimum atomic E-state index is -0.255. The van der Waals surface area contributed by atoms with Crippen LogP contribution in [0.4, 0.5) is 11.5 Å². The van der Waals surface area contributed by atoms with Crippen molar-refractivity contribution in [3.05, 3.63) is 71.0 Å². The zero-order valence-electron chi connectivity index (χ0n) is 27.4. The van der Waals surface area contributed by atoms with E-state index in [0.29, 0.717) is 47.9 Å². The van der Waals surface area contributed by atoms with Crippen LogP contribution in [0.2, 0.25) is 5.02 Å². The number of carbonyl (C=O) groups excluding carboxylic acids is 2. The Morgan fingerprint density at radius 2 is 1.67 bits per heavy atom. The first-order valence-electron chi connectivity index (χ1n) is 17.5. The summed E-state index contributed by atoms with van der Waals surface area (Å²) in [7, 11) is 0. The van der Waals surface area contributed by atoms with Crippen molar-refractivity contribution in [2.45, 2.75) is 81.8 Å². The normalized spacial score (nSPS) is 23.4. The molecule has 49 heavy (non-hydrogen) atoms. The summed E-state index contributed by atoms with van der Waals surface area (Å²) in [6.45, 7) is 2.93. The Bertz CT molecular complexity index is 1900. The molecule has 4 N–H and O–H groups in total. The van der Waals surface area contributed by atoms with Crippen LogP contribution in [0.5, 0.6) is 5.75 Å². The first kappa shape index (κ1) is 31.8. The van der Waals surface area contributed by atoms with E-state index in [0.717, 1.165) is 50.0 Å². The Hall–Kier alpha value is -4.48. The molecule has 2 amide bonds. The number of likely N-dealkylation sites (tertiary alicyclic amines) is 1. The first-order valence-corrected chi connectivity index (χ1v) is 17.8. The van der Waals surface area contributed by atoms with Crippen molar-refractivity contribution in [3.8, 4) is 28.1 Å². The van der Waals surface area contributed by atoms with Gasteiger partial charge in [-0.2, -0.15) is 5.10 Å². The average molecular weight is 681 g/mol. The van der Waals surface area contributed by atoms with Crippen molar-refractivity contribution in [1.29, 1.82) is 0 Å². The highest BCUT2D eigenvalue weighted by Crippen LogP contribution is 2.43. The molecule has 2 aromatic carbocycles. The average Bonchev–Trinajstić information content (AvgIpc) is 3.78. The molecule has 12 heteroatoms. The molecule has 1 atom stereocenters. The number of phenolic OH excluding ortho intramolecular Hbond substituents is 1. The molecule has 0 unspecified atom stereocenters. The number of rotatable bonds is 6. The van der Waals surface area contributed by atoms with Gasteiger partial charge < -0.3 is 20.6 Å². The van der Waals surface area contributed by atoms with Gasteiger partial charge in [0.2, 0.25) is 11.8 Å². The van der Waals surface area contributed by atoms with E-state index in [2.05, 4.69) is 48.2 Å². The Labute approximate surface area is 290 Å². The summed E-state index contributed by atoms with van der Waals surface area (Å²) in [4.78, 5) is 29.2. The van der Waals surface area contributed by atoms with Crippen LogP contribution in [0.25, 0.3) is 22.4 Å². The SMILES string of the molecule is Nc1nnc(-c2cccc(Cl)c2O)cc1-c1cnn(C2CCN(C3CCC(c4cccc5c4CCN5[C@@H]4CCC(=O)NC4=O)CC3)CC2)c1. The van der Waals surface area contributed by atoms with Gasteiger partial charge in [-0.3, -0.25) is 19.6 Å². The Balaban J connectivity index is 0.879. The van der Waals surface area contributed by atoms with Gasteiger partial charge in [0.05, 0.1) is 23.0 Å². The van der Waals surface area contributed by atoms with Crippen LogP contribution in [-0.2, 0) is 16.0 Å². The molecule has 0 bridgehead atoms. The van der Waals surface area contributed by atoms with Crippen LogP contribution in [0.3, 0.4) is 0 Å². The number of hydrogen-bond acceptors (Lipinski definition) is 9. The second kappa shape index (κ2) is 13.1. The number of halogens is 1. The van der Waals surface area contributed by atoms with Crippen molar-refractivity contribution >= 4 is 34.9 Å². The van der Waals surface area contributed by atoms with Gasteiger partial charge in [0.15, 0.2) is 5.82 Å². The highest BCUT2D eigenvalue weighted by atomic mass is 35.5. The standard InChI is InChI=1S/C37H41ClN8O3/c38-30-5-1-4-28(35(30)48)31-19-29(36(39)43-42-31)23-20-40-46(21-23)25-13-16-44(17-14-25)24-9-7-22(8-10-24)26-3-2-6-32-27(26)15-18-45(32)33-11-12-34(47)41-37(33)49/h1-6,19-22,24-25,33,48H,7-18H2,(H2,39,43)(H,41,47,49)/t22?,24?,33-/m1/s1. The third kappa shape index (κ3) is 6.03. The lowest BCUT2D eigenvalue weighted by molar-refractivity contribution is -0.134. The molecule has 8 rings (SSSR count). The van der Waals surface area contributed by atoms with Crippen molar-refractivity contribution in [2.75, 3.05) is 30.3 Å². The molecule has 3 fully saturated rings. The fraction of sp³-hybridized carbons (Fsp3) is 0.432. The van der Waals surface area contributed by atoms with E-state index in [1.54, 1.807) is 18.2 Å². The number of nitrogens with two attached hydrogens (primary N) is 1. The lowest BCUT2D eigenvalue weighted by Gasteiger charge is -2.41. The zero-order chi connectivity index (χ0) is 33.6. The molecule has 4 aliphatic rings. The van der Waals surface area contributed by atoms with Gasteiger partial charge in [-0.15, -0.1) is 10.2 Å². The summed E-state index contributed by atoms with van der Waals surface area (Å²) in [6, 6.07) is 14.2. The van der Waals surface area contributed by atoms with Crippen LogP contribution in [0, 0.1) is 0 Å². The monoisotopic (exact) mass is 680 g/mol. The number of nitrogen functional groups attached to an aromatic ring is 1. The number of nitrogens with one attached hydrogen (secondary N) is 1. The van der Waals surface area contributed by atoms with E-state index in [9.17, 15) is 14.7 Å². The highest BCUT2D eigenvalue weighted by Gasteiger charge is 2.37. The first-order chi connectivity index (χ1) is 23.8. The van der Waals surface area contributed by atoms with Crippen molar-refractivity contribution in [3.63, 3.8) is 0 Å². The molecular formula is C37H41ClN8O3. The number of aromatic hydroxyl groups is 1. The molecule has 2 aromatic heterocycles. The number of phenols is 1. The van der Waals surface area contributed by atoms with Crippen molar-refractivity contribution in [1.82, 2.24) is 30.2 Å². The lowest BCUT2D eigenvalue weighted by atomic mass is 9.79. The van der Waals surface area contributed by atoms with E-state index < -0.39 is 0 Å². The molecule has 3 aliphatic heterocycles. The molecule has 5 heterocycles. The number of carbonyl (C=O) groups is 2. The number of hydrogen-bond donors (Lipinski definition) is 3. The van der Waals surface area contributed by atoms with Crippen molar-refractivity contribution < 1.29 is 14.7 Å². The number of aromatic nitrogens is 4. The van der Waals surface area contributed by atoms with Crippen LogP contribution >= 0.6 is 11.6 Å². The Morgan fingerprint density at radius 1 is 0.878 bits per heavy atom. The zero-order valence-corrected chi connectivity index (χ0v) is 28.1. The molecule has 254 valence electrons. The summed E-state index contributed by atoms with van der Waals surface area (Å²) in [5.41, 5.74) is 12.9. The van der Waals surface area contributed by atoms with Gasteiger partial charge in [-0.1, -0.05) is 29.8 Å². The summed E-state index contributed by atoms with van der Waals surface area (Å²) in [5.74, 6) is 0.497. The van der Waals surface area contributed by atoms with Gasteiger partial charge in [-0.05, 0) is 92.7 Å². The van der Waals surface area contributed by atoms with E-state index >= 15 is 0 Å². The lowest BCUT2D eigenvalue weighted by Crippen LogP contribution is -2.52. The summed E-state index contributed by atoms with van der Waals surface area (Å²) in [6.07, 6.45) is 12.6. The molecule has 0 radical (unpaired) electrons. The predicted molar refractivity (Wildman–Crippen MR) is 188 cm³/mol. The van der Waals surface area contributed by atoms with Crippen LogP contribution < -0.4 is 16.0 Å². The molecular weight excluding hydrogens is 640 g/mol. The largest absolute Gasteiger partial charge is 0.506 e. The highest BCUT2D eigenvalue weighted by molar-refractivity contribution is 6.32. The summed E-state index contributed by atoms with van der Waals surface area (Å²) in [5, 5.41) is 26.3. The van der Waals surface area contributed by atoms with E-state index in [-0.39, 0.29) is 28.6 Å². The second-order valence-corrected chi connectivity index (χ2v) is 14.3. The fourth-order valence-corrected chi connectivity index (χ4v) is 8.78. The third-order valence-corrected chi connectivity index (χ3v) is 11.5. The van der Waals surface area contributed by atoms with Crippen molar-refractivity contribution in [2.24, 2.45) is 0 Å². The maximum absolute atomic E-state index is 12.6. The smallest absolute Gasteiger partial charge is 0.249 e. The Kier molecular flexibility index (Phi) is 8.49. The number of anilines is 2. The van der Waals surface area contributed by atoms with Crippen LogP contribution in [0.1, 0.15) is 74.5 Å². The number of piperidine rings is 2. The van der Waals surface area contributed by atoms with Gasteiger partial charge >= 0.3 is 0 Å². The quantitative estimate of drug-likeness (QED) is 0.226. The number of imide groups is 1. The van der Waals surface area contributed by atoms with Gasteiger partial charge in [0, 0.05) is 60.7 Å². The minimum absolute atomic E-state index is 0.0351. The van der Waals surface area contributed by atoms with E-state index in [1.165, 1.54) is 42.5 Å². The van der Waals surface area contributed by atoms with Crippen LogP contribution in [-0.4, -0.2) is 73.5 Å². The van der Waals surface area contributed by atoms with Gasteiger partial charge in [0.25, 0.3) is 0 Å². The molecule has 0 spiro atoms. The topological polar surface area (TPSA) is 142 Å². The number of benzene rings is 2. The molecule has 4 aromatic rings. The molecule has 1 aliphatic carbocycles. The molecule has 1 saturated carbocycles. The number of nitrogens with zero attached hydrogens (tertiary/aromatic N) is 6. The number of fused-ring (bicyclic) bond motifs is 1. The van der Waals surface area contributed by atoms with E-state index in [4.69, 9.17) is 22.4 Å². The van der Waals surface area contributed by atoms with Gasteiger partial charge in [0.1, 0.15) is 11.8 Å². The minimum Gasteiger partial charge on any atom is -0.506 e. The van der Waals surface area contributed by atoms with E-state index in [1.807, 2.05) is 18.5 Å². The summed E-state index contributed by atoms with van der Waals surface area (Å²) < 4.78 is 2.06. The molecule has 2 saturated heterocycles. The van der Waals surface area contributed by atoms with Crippen LogP contribution in [0.15, 0.2) is 54.9 Å². The molecule has 11 nitrogen and oxygen atoms in total. The predicted octanol–water partition coefficient (Wildman–Crippen LogP) is 5.48. The third-order valence-electron chi connectivity index (χ3n) is 11.2. The second-order valence-electron chi connectivity index (χ2n) is 13.9. The maximum atomic E-state index is 12.6. The maximum Gasteiger partial charge on any atom is 0.249 e. The number of amides is 2. The van der Waals surface area contributed by atoms with Gasteiger partial charge in [-0.25, -0.2) is 0 Å².